The Bertz CT molecular complexity index is 628. The van der Waals surface area contributed by atoms with E-state index in [1.165, 1.54) is 0 Å². The number of halogens is 2. The van der Waals surface area contributed by atoms with Crippen LogP contribution in [0.25, 0.3) is 0 Å². The summed E-state index contributed by atoms with van der Waals surface area (Å²) in [7, 11) is 0. The first kappa shape index (κ1) is 17.6. The first-order valence-corrected chi connectivity index (χ1v) is 7.45. The van der Waals surface area contributed by atoms with Crippen molar-refractivity contribution >= 4 is 24.0 Å². The lowest BCUT2D eigenvalue weighted by atomic mass is 9.78. The molecule has 0 radical (unpaired) electrons. The number of benzene rings is 1. The summed E-state index contributed by atoms with van der Waals surface area (Å²) >= 11 is 0. The lowest BCUT2D eigenvalue weighted by Gasteiger charge is -2.29. The molecule has 0 spiro atoms. The molecule has 3 rings (SSSR count). The number of fused-ring (bicyclic) bond motifs is 1. The number of nitro benzene ring substituents is 1. The Morgan fingerprint density at radius 3 is 2.70 bits per heavy atom. The number of non-ortho nitro benzene ring substituents is 1. The van der Waals surface area contributed by atoms with Gasteiger partial charge in [-0.1, -0.05) is 6.42 Å². The fourth-order valence-electron chi connectivity index (χ4n) is 3.67. The molecule has 1 aromatic carbocycles. The van der Waals surface area contributed by atoms with Gasteiger partial charge >= 0.3 is 0 Å². The third kappa shape index (κ3) is 3.45. The second-order valence-corrected chi connectivity index (χ2v) is 6.18. The van der Waals surface area contributed by atoms with Gasteiger partial charge < -0.3 is 10.6 Å². The van der Waals surface area contributed by atoms with E-state index in [-0.39, 0.29) is 35.8 Å². The third-order valence-corrected chi connectivity index (χ3v) is 4.78. The van der Waals surface area contributed by atoms with Gasteiger partial charge in [0.25, 0.3) is 11.6 Å². The van der Waals surface area contributed by atoms with Gasteiger partial charge in [-0.15, -0.1) is 12.4 Å². The highest BCUT2D eigenvalue weighted by molar-refractivity contribution is 5.95. The van der Waals surface area contributed by atoms with Crippen LogP contribution in [0.1, 0.15) is 29.6 Å². The number of carbonyl (C=O) groups excluding carboxylic acids is 1. The van der Waals surface area contributed by atoms with Crippen LogP contribution in [-0.2, 0) is 0 Å². The summed E-state index contributed by atoms with van der Waals surface area (Å²) in [6.45, 7) is 1.15. The summed E-state index contributed by atoms with van der Waals surface area (Å²) in [6.07, 6.45) is 3.08. The molecule has 2 N–H and O–H groups in total. The topological polar surface area (TPSA) is 89.5 Å². The fourth-order valence-corrected chi connectivity index (χ4v) is 3.67. The molecule has 0 aromatic heterocycles. The van der Waals surface area contributed by atoms with Crippen molar-refractivity contribution in [1.29, 1.82) is 0 Å². The minimum atomic E-state index is -0.772. The molecule has 8 heteroatoms. The van der Waals surface area contributed by atoms with Crippen LogP contribution in [0.5, 0.6) is 0 Å². The molecular formula is C15H19ClFN3O3. The van der Waals surface area contributed by atoms with Crippen LogP contribution in [0.3, 0.4) is 0 Å². The first-order chi connectivity index (χ1) is 10.5. The zero-order valence-corrected chi connectivity index (χ0v) is 13.3. The summed E-state index contributed by atoms with van der Waals surface area (Å²) in [4.78, 5) is 24.3. The van der Waals surface area contributed by atoms with E-state index in [4.69, 9.17) is 5.73 Å². The van der Waals surface area contributed by atoms with Crippen molar-refractivity contribution in [2.45, 2.75) is 25.3 Å². The van der Waals surface area contributed by atoms with Gasteiger partial charge in [0.05, 0.1) is 11.0 Å². The molecule has 6 nitrogen and oxygen atoms in total. The normalized spacial score (nSPS) is 26.3. The monoisotopic (exact) mass is 343 g/mol. The van der Waals surface area contributed by atoms with Crippen molar-refractivity contribution in [3.63, 3.8) is 0 Å². The number of carbonyl (C=O) groups is 1. The molecule has 126 valence electrons. The van der Waals surface area contributed by atoms with Crippen LogP contribution in [0.15, 0.2) is 18.2 Å². The number of hydrogen-bond donors (Lipinski definition) is 1. The molecule has 1 amide bonds. The van der Waals surface area contributed by atoms with Crippen molar-refractivity contribution in [2.75, 3.05) is 13.1 Å². The second-order valence-electron chi connectivity index (χ2n) is 6.18. The zero-order chi connectivity index (χ0) is 15.9. The van der Waals surface area contributed by atoms with E-state index in [1.54, 1.807) is 4.90 Å². The summed E-state index contributed by atoms with van der Waals surface area (Å²) < 4.78 is 13.5. The smallest absolute Gasteiger partial charge is 0.273 e. The van der Waals surface area contributed by atoms with Crippen molar-refractivity contribution in [3.8, 4) is 0 Å². The quantitative estimate of drug-likeness (QED) is 0.659. The average molecular weight is 344 g/mol. The average Bonchev–Trinajstić information content (AvgIpc) is 2.91. The number of hydrogen-bond acceptors (Lipinski definition) is 4. The van der Waals surface area contributed by atoms with Crippen LogP contribution in [0, 0.1) is 27.8 Å². The third-order valence-electron chi connectivity index (χ3n) is 4.78. The van der Waals surface area contributed by atoms with Crippen LogP contribution < -0.4 is 5.73 Å². The molecule has 1 heterocycles. The Balaban J connectivity index is 0.00000192. The maximum atomic E-state index is 13.5. The number of nitrogens with zero attached hydrogens (tertiary/aromatic N) is 2. The van der Waals surface area contributed by atoms with E-state index < -0.39 is 16.4 Å². The van der Waals surface area contributed by atoms with E-state index >= 15 is 0 Å². The molecular weight excluding hydrogens is 325 g/mol. The maximum absolute atomic E-state index is 13.5. The highest BCUT2D eigenvalue weighted by Crippen LogP contribution is 2.36. The highest BCUT2D eigenvalue weighted by atomic mass is 35.5. The number of nitro groups is 1. The Hall–Kier alpha value is -1.73. The predicted molar refractivity (Wildman–Crippen MR) is 85.0 cm³/mol. The molecule has 1 aliphatic heterocycles. The van der Waals surface area contributed by atoms with Gasteiger partial charge in [0.1, 0.15) is 5.82 Å². The highest BCUT2D eigenvalue weighted by Gasteiger charge is 2.40. The molecule has 23 heavy (non-hydrogen) atoms. The Morgan fingerprint density at radius 1 is 1.30 bits per heavy atom. The number of nitrogens with two attached hydrogens (primary N) is 1. The molecule has 3 atom stereocenters. The van der Waals surface area contributed by atoms with E-state index in [0.29, 0.717) is 19.0 Å². The summed E-state index contributed by atoms with van der Waals surface area (Å²) in [6, 6.07) is 3.10. The fraction of sp³-hybridized carbons (Fsp3) is 0.533. The number of likely N-dealkylation sites (tertiary alicyclic amines) is 1. The molecule has 3 unspecified atom stereocenters. The van der Waals surface area contributed by atoms with Crippen LogP contribution in [0.4, 0.5) is 10.1 Å². The molecule has 1 aromatic rings. The van der Waals surface area contributed by atoms with Gasteiger partial charge in [-0.3, -0.25) is 14.9 Å². The largest absolute Gasteiger partial charge is 0.338 e. The summed E-state index contributed by atoms with van der Waals surface area (Å²) in [5, 5.41) is 10.8. The molecule has 2 aliphatic rings. The minimum absolute atomic E-state index is 0. The van der Waals surface area contributed by atoms with E-state index in [9.17, 15) is 19.3 Å². The van der Waals surface area contributed by atoms with E-state index in [2.05, 4.69) is 0 Å². The van der Waals surface area contributed by atoms with Gasteiger partial charge in [-0.2, -0.15) is 0 Å². The summed E-state index contributed by atoms with van der Waals surface area (Å²) in [5.41, 5.74) is 5.74. The lowest BCUT2D eigenvalue weighted by Crippen LogP contribution is -2.38. The van der Waals surface area contributed by atoms with Gasteiger partial charge in [-0.25, -0.2) is 4.39 Å². The molecule has 1 saturated carbocycles. The van der Waals surface area contributed by atoms with E-state index in [0.717, 1.165) is 37.5 Å². The van der Waals surface area contributed by atoms with Gasteiger partial charge in [-0.05, 0) is 30.7 Å². The van der Waals surface area contributed by atoms with Crippen LogP contribution >= 0.6 is 12.4 Å². The van der Waals surface area contributed by atoms with Gasteiger partial charge in [0.15, 0.2) is 0 Å². The Labute approximate surface area is 139 Å². The standard InChI is InChI=1S/C15H18FN3O3.ClH/c16-11-4-10(5-12(6-11)19(21)22)15(20)18-7-9-2-1-3-14(17)13(9)8-18;/h4-6,9,13-14H,1-3,7-8,17H2;1H. The van der Waals surface area contributed by atoms with Gasteiger partial charge in [0.2, 0.25) is 0 Å². The zero-order valence-electron chi connectivity index (χ0n) is 12.5. The number of rotatable bonds is 2. The molecule has 1 saturated heterocycles. The Morgan fingerprint density at radius 2 is 2.04 bits per heavy atom. The SMILES string of the molecule is Cl.NC1CCCC2CN(C(=O)c3cc(F)cc([N+](=O)[O-])c3)CC12. The van der Waals surface area contributed by atoms with Crippen molar-refractivity contribution in [1.82, 2.24) is 4.90 Å². The van der Waals surface area contributed by atoms with E-state index in [1.807, 2.05) is 0 Å². The van der Waals surface area contributed by atoms with Crippen LogP contribution in [0.2, 0.25) is 0 Å². The minimum Gasteiger partial charge on any atom is -0.338 e. The van der Waals surface area contributed by atoms with Crippen molar-refractivity contribution < 1.29 is 14.1 Å². The van der Waals surface area contributed by atoms with Gasteiger partial charge in [0, 0.05) is 30.8 Å². The first-order valence-electron chi connectivity index (χ1n) is 7.45. The maximum Gasteiger partial charge on any atom is 0.273 e. The lowest BCUT2D eigenvalue weighted by molar-refractivity contribution is -0.385. The van der Waals surface area contributed by atoms with Crippen molar-refractivity contribution in [3.05, 3.63) is 39.7 Å². The van der Waals surface area contributed by atoms with Crippen molar-refractivity contribution in [2.24, 2.45) is 17.6 Å². The second kappa shape index (κ2) is 6.80. The molecule has 1 aliphatic carbocycles. The predicted octanol–water partition coefficient (Wildman–Crippen LogP) is 2.36. The molecule has 0 bridgehead atoms. The Kier molecular flexibility index (Phi) is 5.21. The summed E-state index contributed by atoms with van der Waals surface area (Å²) in [5.74, 6) is -0.465. The van der Waals surface area contributed by atoms with Crippen LogP contribution in [-0.4, -0.2) is 34.9 Å². The number of amides is 1. The molecule has 2 fully saturated rings.